The molecule has 1 aliphatic heterocycles. The van der Waals surface area contributed by atoms with Gasteiger partial charge in [0.1, 0.15) is 0 Å². The van der Waals surface area contributed by atoms with Gasteiger partial charge in [-0.2, -0.15) is 0 Å². The highest BCUT2D eigenvalue weighted by Crippen LogP contribution is 2.50. The van der Waals surface area contributed by atoms with E-state index >= 15 is 0 Å². The summed E-state index contributed by atoms with van der Waals surface area (Å²) in [7, 11) is 0. The van der Waals surface area contributed by atoms with E-state index in [1.807, 2.05) is 84.9 Å². The Bertz CT molecular complexity index is 950. The van der Waals surface area contributed by atoms with Crippen molar-refractivity contribution in [3.63, 3.8) is 0 Å². The molecule has 0 saturated heterocycles. The summed E-state index contributed by atoms with van der Waals surface area (Å²) in [6.07, 6.45) is 0. The largest absolute Gasteiger partial charge is 0.304 e. The number of nitrogens with zero attached hydrogens (tertiary/aromatic N) is 1. The van der Waals surface area contributed by atoms with E-state index in [2.05, 4.69) is 0 Å². The average Bonchev–Trinajstić information content (AvgIpc) is 3.04. The van der Waals surface area contributed by atoms with E-state index in [1.165, 1.54) is 0 Å². The summed E-state index contributed by atoms with van der Waals surface area (Å²) in [5.74, 6) is -0.440. The maximum atomic E-state index is 13.4. The fourth-order valence-electron chi connectivity index (χ4n) is 3.86. The molecule has 4 rings (SSSR count). The predicted octanol–water partition coefficient (Wildman–Crippen LogP) is 4.76. The second-order valence-corrected chi connectivity index (χ2v) is 6.51. The molecule has 0 N–H and O–H groups in total. The summed E-state index contributed by atoms with van der Waals surface area (Å²) >= 11 is 0. The van der Waals surface area contributed by atoms with E-state index in [0.29, 0.717) is 5.56 Å². The third-order valence-corrected chi connectivity index (χ3v) is 4.95. The Morgan fingerprint density at radius 1 is 0.769 bits per heavy atom. The number of fused-ring (bicyclic) bond motifs is 1. The molecule has 1 heterocycles. The number of anilines is 1. The minimum absolute atomic E-state index is 0.0376. The molecule has 2 atom stereocenters. The highest BCUT2D eigenvalue weighted by Gasteiger charge is 2.45. The lowest BCUT2D eigenvalue weighted by Gasteiger charge is -2.28. The Labute approximate surface area is 152 Å². The molecule has 3 aromatic carbocycles. The van der Waals surface area contributed by atoms with E-state index in [4.69, 9.17) is 0 Å². The van der Waals surface area contributed by atoms with Crippen LogP contribution in [0, 0.1) is 0 Å². The van der Waals surface area contributed by atoms with Crippen LogP contribution in [0.25, 0.3) is 0 Å². The molecule has 0 aromatic heterocycles. The molecule has 128 valence electrons. The summed E-state index contributed by atoms with van der Waals surface area (Å²) in [6.45, 7) is 1.56. The zero-order valence-corrected chi connectivity index (χ0v) is 14.5. The van der Waals surface area contributed by atoms with Crippen molar-refractivity contribution in [3.05, 3.63) is 102 Å². The van der Waals surface area contributed by atoms with Crippen LogP contribution >= 0.6 is 0 Å². The van der Waals surface area contributed by atoms with Crippen molar-refractivity contribution in [1.29, 1.82) is 0 Å². The maximum Gasteiger partial charge on any atom is 0.224 e. The molecule has 26 heavy (non-hydrogen) atoms. The third kappa shape index (κ3) is 2.62. The van der Waals surface area contributed by atoms with Gasteiger partial charge in [0.15, 0.2) is 5.78 Å². The first-order chi connectivity index (χ1) is 12.7. The Morgan fingerprint density at radius 2 is 1.35 bits per heavy atom. The van der Waals surface area contributed by atoms with Gasteiger partial charge in [-0.1, -0.05) is 78.9 Å². The molecule has 0 fully saturated rings. The summed E-state index contributed by atoms with van der Waals surface area (Å²) in [6, 6.07) is 26.5. The fraction of sp³-hybridized carbons (Fsp3) is 0.130. The molecular formula is C23H19NO2. The second-order valence-electron chi connectivity index (χ2n) is 6.51. The van der Waals surface area contributed by atoms with Crippen LogP contribution in [0.15, 0.2) is 84.9 Å². The standard InChI is InChI=1S/C23H19NO2/c1-16(25)24-20-15-9-8-14-19(20)21(22(24)17-10-4-2-5-11-17)23(26)18-12-6-3-7-13-18/h2-15,21-22H,1H3/t21-,22+/m0/s1. The highest BCUT2D eigenvalue weighted by atomic mass is 16.2. The van der Waals surface area contributed by atoms with E-state index in [9.17, 15) is 9.59 Å². The first kappa shape index (κ1) is 16.3. The number of amides is 1. The Morgan fingerprint density at radius 3 is 2.00 bits per heavy atom. The molecule has 0 spiro atoms. The molecule has 1 aliphatic rings. The molecular weight excluding hydrogens is 322 g/mol. The van der Waals surface area contributed by atoms with E-state index in [-0.39, 0.29) is 17.7 Å². The smallest absolute Gasteiger partial charge is 0.224 e. The van der Waals surface area contributed by atoms with Crippen LogP contribution in [0.5, 0.6) is 0 Å². The molecule has 0 saturated carbocycles. The van der Waals surface area contributed by atoms with E-state index < -0.39 is 5.92 Å². The van der Waals surface area contributed by atoms with Gasteiger partial charge in [-0.3, -0.25) is 9.59 Å². The molecule has 0 aliphatic carbocycles. The second kappa shape index (κ2) is 6.60. The van der Waals surface area contributed by atoms with Gasteiger partial charge in [-0.25, -0.2) is 0 Å². The molecule has 0 unspecified atom stereocenters. The predicted molar refractivity (Wildman–Crippen MR) is 102 cm³/mol. The van der Waals surface area contributed by atoms with Crippen molar-refractivity contribution in [3.8, 4) is 0 Å². The van der Waals surface area contributed by atoms with Gasteiger partial charge in [-0.05, 0) is 17.2 Å². The van der Waals surface area contributed by atoms with Crippen LogP contribution in [0.4, 0.5) is 5.69 Å². The lowest BCUT2D eigenvalue weighted by molar-refractivity contribution is -0.117. The summed E-state index contributed by atoms with van der Waals surface area (Å²) in [5.41, 5.74) is 3.36. The van der Waals surface area contributed by atoms with Gasteiger partial charge in [0.25, 0.3) is 0 Å². The fourth-order valence-corrected chi connectivity index (χ4v) is 3.86. The zero-order valence-electron chi connectivity index (χ0n) is 14.5. The lowest BCUT2D eigenvalue weighted by Crippen LogP contribution is -2.33. The highest BCUT2D eigenvalue weighted by molar-refractivity contribution is 6.07. The average molecular weight is 341 g/mol. The molecule has 3 heteroatoms. The van der Waals surface area contributed by atoms with Crippen LogP contribution in [0.2, 0.25) is 0 Å². The van der Waals surface area contributed by atoms with Crippen molar-refractivity contribution in [2.45, 2.75) is 18.9 Å². The monoisotopic (exact) mass is 341 g/mol. The number of benzene rings is 3. The molecule has 1 amide bonds. The Hall–Kier alpha value is -3.20. The van der Waals surface area contributed by atoms with Crippen LogP contribution in [0.1, 0.15) is 40.4 Å². The number of Topliss-reactive ketones (excluding diaryl/α,β-unsaturated/α-hetero) is 1. The van der Waals surface area contributed by atoms with Crippen molar-refractivity contribution in [2.24, 2.45) is 0 Å². The molecule has 0 bridgehead atoms. The molecule has 3 nitrogen and oxygen atoms in total. The minimum atomic E-state index is -0.417. The topological polar surface area (TPSA) is 37.4 Å². The first-order valence-corrected chi connectivity index (χ1v) is 8.71. The number of carbonyl (C=O) groups excluding carboxylic acids is 2. The number of ketones is 1. The van der Waals surface area contributed by atoms with Crippen molar-refractivity contribution in [2.75, 3.05) is 4.90 Å². The van der Waals surface area contributed by atoms with Crippen LogP contribution < -0.4 is 4.90 Å². The van der Waals surface area contributed by atoms with Crippen molar-refractivity contribution >= 4 is 17.4 Å². The van der Waals surface area contributed by atoms with Gasteiger partial charge in [-0.15, -0.1) is 0 Å². The lowest BCUT2D eigenvalue weighted by atomic mass is 9.84. The molecule has 3 aromatic rings. The van der Waals surface area contributed by atoms with Gasteiger partial charge in [0.2, 0.25) is 5.91 Å². The Balaban J connectivity index is 1.91. The third-order valence-electron chi connectivity index (χ3n) is 4.95. The maximum absolute atomic E-state index is 13.4. The van der Waals surface area contributed by atoms with Gasteiger partial charge in [0, 0.05) is 18.2 Å². The minimum Gasteiger partial charge on any atom is -0.304 e. The van der Waals surface area contributed by atoms with Gasteiger partial charge >= 0.3 is 0 Å². The zero-order chi connectivity index (χ0) is 18.1. The van der Waals surface area contributed by atoms with Gasteiger partial charge < -0.3 is 4.90 Å². The molecule has 0 radical (unpaired) electrons. The number of rotatable bonds is 3. The van der Waals surface area contributed by atoms with E-state index in [1.54, 1.807) is 11.8 Å². The normalized spacial score (nSPS) is 18.4. The number of hydrogen-bond donors (Lipinski definition) is 0. The quantitative estimate of drug-likeness (QED) is 0.644. The summed E-state index contributed by atoms with van der Waals surface area (Å²) in [5, 5.41) is 0. The SMILES string of the molecule is CC(=O)N1c2ccccc2[C@H](C(=O)c2ccccc2)[C@H]1c1ccccc1. The van der Waals surface area contributed by atoms with Gasteiger partial charge in [0.05, 0.1) is 12.0 Å². The van der Waals surface area contributed by atoms with Crippen molar-refractivity contribution < 1.29 is 9.59 Å². The summed E-state index contributed by atoms with van der Waals surface area (Å²) < 4.78 is 0. The number of hydrogen-bond acceptors (Lipinski definition) is 2. The number of para-hydroxylation sites is 1. The summed E-state index contributed by atoms with van der Waals surface area (Å²) in [4.78, 5) is 27.7. The first-order valence-electron chi connectivity index (χ1n) is 8.71. The van der Waals surface area contributed by atoms with Crippen LogP contribution in [-0.4, -0.2) is 11.7 Å². The van der Waals surface area contributed by atoms with Crippen molar-refractivity contribution in [1.82, 2.24) is 0 Å². The Kier molecular flexibility index (Phi) is 4.13. The van der Waals surface area contributed by atoms with E-state index in [0.717, 1.165) is 16.8 Å². The van der Waals surface area contributed by atoms with Crippen LogP contribution in [-0.2, 0) is 4.79 Å². The number of carbonyl (C=O) groups is 2. The van der Waals surface area contributed by atoms with Crippen LogP contribution in [0.3, 0.4) is 0 Å².